The lowest BCUT2D eigenvalue weighted by molar-refractivity contribution is 0.0697. The highest BCUT2D eigenvalue weighted by molar-refractivity contribution is 5.89. The Kier molecular flexibility index (Phi) is 3.35. The van der Waals surface area contributed by atoms with Gasteiger partial charge in [0.15, 0.2) is 0 Å². The fourth-order valence-electron chi connectivity index (χ4n) is 2.44. The quantitative estimate of drug-likeness (QED) is 0.489. The van der Waals surface area contributed by atoms with E-state index in [0.29, 0.717) is 0 Å². The molecule has 0 heterocycles. The van der Waals surface area contributed by atoms with Crippen molar-refractivity contribution < 1.29 is 32.8 Å². The smallest absolute Gasteiger partial charge is 0.335 e. The van der Waals surface area contributed by atoms with Crippen LogP contribution in [0.5, 0.6) is 0 Å². The molecular formula is C25H27NO3. The van der Waals surface area contributed by atoms with Crippen LogP contribution < -0.4 is 5.32 Å². The van der Waals surface area contributed by atoms with Gasteiger partial charge < -0.3 is 15.5 Å². The molecule has 0 aliphatic carbocycles. The summed E-state index contributed by atoms with van der Waals surface area (Å²) in [6.45, 7) is -2.60. The average molecular weight is 403 g/mol. The van der Waals surface area contributed by atoms with Gasteiger partial charge in [-0.15, -0.1) is 0 Å². The van der Waals surface area contributed by atoms with Gasteiger partial charge in [-0.3, -0.25) is 0 Å². The highest BCUT2D eigenvalue weighted by Gasteiger charge is 2.07. The molecular weight excluding hydrogens is 362 g/mol. The minimum Gasteiger partial charge on any atom is -0.478 e. The van der Waals surface area contributed by atoms with Crippen LogP contribution >= 0.6 is 0 Å². The Morgan fingerprint density at radius 2 is 2.03 bits per heavy atom. The summed E-state index contributed by atoms with van der Waals surface area (Å²) in [5.41, 5.74) is -1.50. The standard InChI is InChI=1S/C25H27NO3/c1-18-6-2-11-22(14-18)24(27)17-26-13-5-8-19-7-3-9-20(15-19)21-10-4-12-23(16-21)25(28)29/h2-4,6-7,9-12,14-16,24,26-27H,5,8,13,17H2,1H3,(H,28,29)/t24-/m0/s1/i2D,4D,5D2,6D,10D,11D,12D,13D2,14D,16D,24D. The Hall–Kier alpha value is -2.95. The zero-order chi connectivity index (χ0) is 32.1. The molecule has 0 aliphatic heterocycles. The molecule has 3 aromatic carbocycles. The highest BCUT2D eigenvalue weighted by Crippen LogP contribution is 2.22. The molecule has 0 spiro atoms. The molecule has 3 N–H and O–H groups in total. The lowest BCUT2D eigenvalue weighted by Crippen LogP contribution is -2.22. The first-order chi connectivity index (χ1) is 19.2. The van der Waals surface area contributed by atoms with Crippen molar-refractivity contribution in [3.8, 4) is 11.1 Å². The van der Waals surface area contributed by atoms with Gasteiger partial charge in [-0.25, -0.2) is 4.79 Å². The summed E-state index contributed by atoms with van der Waals surface area (Å²) in [7, 11) is 0. The van der Waals surface area contributed by atoms with Crippen molar-refractivity contribution in [1.29, 1.82) is 0 Å². The molecule has 3 rings (SSSR count). The Bertz CT molecular complexity index is 1550. The molecule has 1 atom stereocenters. The first-order valence-corrected chi connectivity index (χ1v) is 8.64. The fraction of sp³-hybridized carbons (Fsp3) is 0.240. The van der Waals surface area contributed by atoms with E-state index in [0.717, 1.165) is 0 Å². The number of carbonyl (C=O) groups is 1. The van der Waals surface area contributed by atoms with Crippen LogP contribution in [0, 0.1) is 6.92 Å². The summed E-state index contributed by atoms with van der Waals surface area (Å²) in [5.74, 6) is -1.62. The van der Waals surface area contributed by atoms with Crippen LogP contribution in [0.4, 0.5) is 0 Å². The van der Waals surface area contributed by atoms with Crippen LogP contribution in [-0.4, -0.2) is 29.2 Å². The zero-order valence-electron chi connectivity index (χ0n) is 28.5. The Labute approximate surface area is 190 Å². The number of carboxylic acid groups (broad SMARTS) is 1. The molecule has 4 nitrogen and oxygen atoms in total. The molecule has 0 fully saturated rings. The van der Waals surface area contributed by atoms with Crippen LogP contribution in [0.1, 0.15) is 57.3 Å². The third-order valence-electron chi connectivity index (χ3n) is 3.82. The van der Waals surface area contributed by atoms with E-state index in [-0.39, 0.29) is 22.3 Å². The second-order valence-corrected chi connectivity index (χ2v) is 6.03. The number of aromatic carboxylic acids is 1. The van der Waals surface area contributed by atoms with Crippen LogP contribution in [0.2, 0.25) is 0 Å². The average Bonchev–Trinajstić information content (AvgIpc) is 2.88. The van der Waals surface area contributed by atoms with Gasteiger partial charge in [0, 0.05) is 12.0 Å². The van der Waals surface area contributed by atoms with Crippen molar-refractivity contribution in [3.63, 3.8) is 0 Å². The van der Waals surface area contributed by atoms with Crippen LogP contribution in [0.15, 0.2) is 72.6 Å². The van der Waals surface area contributed by atoms with Crippen molar-refractivity contribution in [2.24, 2.45) is 0 Å². The lowest BCUT2D eigenvalue weighted by Gasteiger charge is -2.13. The molecule has 3 aromatic rings. The molecule has 0 saturated carbocycles. The van der Waals surface area contributed by atoms with Gasteiger partial charge in [0.2, 0.25) is 0 Å². The third kappa shape index (κ3) is 6.01. The van der Waals surface area contributed by atoms with Gasteiger partial charge in [0.25, 0.3) is 0 Å². The number of hydrogen-bond acceptors (Lipinski definition) is 3. The van der Waals surface area contributed by atoms with Gasteiger partial charge >= 0.3 is 5.97 Å². The van der Waals surface area contributed by atoms with Crippen molar-refractivity contribution in [1.82, 2.24) is 5.32 Å². The predicted molar refractivity (Wildman–Crippen MR) is 116 cm³/mol. The number of nitrogens with one attached hydrogen (secondary N) is 1. The van der Waals surface area contributed by atoms with Crippen LogP contribution in [0.3, 0.4) is 0 Å². The summed E-state index contributed by atoms with van der Waals surface area (Å²) >= 11 is 0. The Morgan fingerprint density at radius 3 is 2.86 bits per heavy atom. The predicted octanol–water partition coefficient (Wildman–Crippen LogP) is 4.62. The van der Waals surface area contributed by atoms with E-state index in [4.69, 9.17) is 17.8 Å². The van der Waals surface area contributed by atoms with E-state index in [1.807, 2.05) is 0 Å². The highest BCUT2D eigenvalue weighted by atomic mass is 16.4. The molecule has 0 unspecified atom stereocenters. The van der Waals surface area contributed by atoms with Gasteiger partial charge in [0.1, 0.15) is 0 Å². The summed E-state index contributed by atoms with van der Waals surface area (Å²) in [5, 5.41) is 22.3. The van der Waals surface area contributed by atoms with E-state index in [1.165, 1.54) is 31.2 Å². The van der Waals surface area contributed by atoms with E-state index in [9.17, 15) is 15.0 Å². The van der Waals surface area contributed by atoms with Gasteiger partial charge in [-0.1, -0.05) is 66.1 Å². The largest absolute Gasteiger partial charge is 0.478 e. The summed E-state index contributed by atoms with van der Waals surface area (Å²) in [4.78, 5) is 11.6. The molecule has 0 bridgehead atoms. The second-order valence-electron chi connectivity index (χ2n) is 6.03. The summed E-state index contributed by atoms with van der Waals surface area (Å²) < 4.78 is 106. The minimum atomic E-state index is -2.92. The molecule has 0 amide bonds. The lowest BCUT2D eigenvalue weighted by atomic mass is 9.99. The monoisotopic (exact) mass is 402 g/mol. The normalized spacial score (nSPS) is 20.4. The van der Waals surface area contributed by atoms with Crippen LogP contribution in [-0.2, 0) is 6.42 Å². The molecule has 0 aliphatic rings. The maximum absolute atomic E-state index is 11.6. The summed E-state index contributed by atoms with van der Waals surface area (Å²) in [6, 6.07) is 0.442. The number of aryl methyl sites for hydroxylation is 1. The number of carboxylic acids is 1. The van der Waals surface area contributed by atoms with E-state index in [1.54, 1.807) is 0 Å². The van der Waals surface area contributed by atoms with Crippen molar-refractivity contribution in [2.75, 3.05) is 13.0 Å². The van der Waals surface area contributed by atoms with Crippen LogP contribution in [0.25, 0.3) is 11.1 Å². The second kappa shape index (κ2) is 10.0. The van der Waals surface area contributed by atoms with E-state index in [2.05, 4.69) is 5.32 Å². The molecule has 0 radical (unpaired) electrons. The number of hydrogen-bond donors (Lipinski definition) is 3. The SMILES string of the molecule is [2H]c1c([2H])c(C(=O)O)c([2H])c(-c2cccc(CC([2H])([2H])C([2H])([2H])NC[C@]([2H])(O)c3c([2H])c([2H])c([2H])c(C)c3[2H])c2)c1[2H]. The third-order valence-corrected chi connectivity index (χ3v) is 3.82. The van der Waals surface area contributed by atoms with Crippen molar-refractivity contribution in [3.05, 3.63) is 94.9 Å². The van der Waals surface area contributed by atoms with Gasteiger partial charge in [-0.2, -0.15) is 0 Å². The van der Waals surface area contributed by atoms with Gasteiger partial charge in [-0.05, 0) is 60.6 Å². The van der Waals surface area contributed by atoms with E-state index >= 15 is 0 Å². The maximum Gasteiger partial charge on any atom is 0.335 e. The fourth-order valence-corrected chi connectivity index (χ4v) is 2.44. The van der Waals surface area contributed by atoms with Crippen molar-refractivity contribution >= 4 is 5.97 Å². The summed E-state index contributed by atoms with van der Waals surface area (Å²) in [6.07, 6.45) is -6.19. The zero-order valence-corrected chi connectivity index (χ0v) is 15.5. The molecule has 150 valence electrons. The first-order valence-electron chi connectivity index (χ1n) is 15.1. The maximum atomic E-state index is 11.6. The van der Waals surface area contributed by atoms with Gasteiger partial charge in [0.05, 0.1) is 24.0 Å². The van der Waals surface area contributed by atoms with Crippen molar-refractivity contribution in [2.45, 2.75) is 25.8 Å². The number of aliphatic hydroxyl groups is 1. The first kappa shape index (κ1) is 9.70. The van der Waals surface area contributed by atoms with E-state index < -0.39 is 97.4 Å². The Balaban J connectivity index is 1.93. The molecule has 0 aromatic heterocycles. The molecule has 0 saturated heterocycles. The Morgan fingerprint density at radius 1 is 1.21 bits per heavy atom. The minimum absolute atomic E-state index is 0.0630. The number of benzene rings is 3. The number of rotatable bonds is 9. The molecule has 4 heteroatoms. The topological polar surface area (TPSA) is 69.6 Å². The molecule has 29 heavy (non-hydrogen) atoms.